The molecule has 0 aliphatic rings. The van der Waals surface area contributed by atoms with Crippen LogP contribution in [-0.2, 0) is 14.8 Å². The summed E-state index contributed by atoms with van der Waals surface area (Å²) in [6, 6.07) is 6.01. The molecule has 2 N–H and O–H groups in total. The van der Waals surface area contributed by atoms with E-state index < -0.39 is 21.4 Å². The van der Waals surface area contributed by atoms with Crippen LogP contribution in [0.2, 0.25) is 5.02 Å². The first-order chi connectivity index (χ1) is 8.73. The van der Waals surface area contributed by atoms with Crippen molar-refractivity contribution in [2.75, 3.05) is 6.54 Å². The Bertz CT molecular complexity index is 573. The molecule has 0 saturated carbocycles. The summed E-state index contributed by atoms with van der Waals surface area (Å²) in [4.78, 5) is 11.1. The van der Waals surface area contributed by atoms with E-state index >= 15 is 0 Å². The van der Waals surface area contributed by atoms with Crippen LogP contribution >= 0.6 is 11.6 Å². The van der Waals surface area contributed by atoms with Gasteiger partial charge in [0.15, 0.2) is 0 Å². The second-order valence-electron chi connectivity index (χ2n) is 4.47. The molecule has 1 rings (SSSR count). The van der Waals surface area contributed by atoms with Crippen LogP contribution in [0.5, 0.6) is 0 Å². The van der Waals surface area contributed by atoms with Gasteiger partial charge in [0.1, 0.15) is 4.90 Å². The molecule has 0 saturated heterocycles. The van der Waals surface area contributed by atoms with Crippen molar-refractivity contribution in [1.82, 2.24) is 4.72 Å². The first-order valence-corrected chi connectivity index (χ1v) is 7.56. The van der Waals surface area contributed by atoms with Crippen LogP contribution in [0.15, 0.2) is 29.2 Å². The number of hydrogen-bond acceptors (Lipinski definition) is 3. The van der Waals surface area contributed by atoms with Gasteiger partial charge in [0, 0.05) is 6.54 Å². The third-order valence-corrected chi connectivity index (χ3v) is 4.98. The summed E-state index contributed by atoms with van der Waals surface area (Å²) in [5.74, 6) is -1.04. The molecule has 106 valence electrons. The molecular formula is C12H16ClNO4S. The quantitative estimate of drug-likeness (QED) is 0.843. The number of rotatable bonds is 6. The number of aliphatic carboxylic acids is 1. The second-order valence-corrected chi connectivity index (χ2v) is 6.62. The van der Waals surface area contributed by atoms with Crippen molar-refractivity contribution in [3.63, 3.8) is 0 Å². The number of nitrogens with one attached hydrogen (secondary N) is 1. The van der Waals surface area contributed by atoms with Gasteiger partial charge in [0.05, 0.1) is 10.4 Å². The Labute approximate surface area is 117 Å². The topological polar surface area (TPSA) is 83.5 Å². The maximum Gasteiger partial charge on any atom is 0.310 e. The smallest absolute Gasteiger partial charge is 0.310 e. The number of hydrogen-bond donors (Lipinski definition) is 2. The largest absolute Gasteiger partial charge is 0.481 e. The van der Waals surface area contributed by atoms with Crippen molar-refractivity contribution < 1.29 is 18.3 Å². The van der Waals surface area contributed by atoms with E-state index in [0.717, 1.165) is 0 Å². The van der Waals surface area contributed by atoms with Crippen molar-refractivity contribution >= 4 is 27.6 Å². The molecule has 1 aromatic carbocycles. The fourth-order valence-electron chi connectivity index (χ4n) is 1.35. The summed E-state index contributed by atoms with van der Waals surface area (Å²) < 4.78 is 26.4. The fraction of sp³-hybridized carbons (Fsp3) is 0.417. The fourth-order valence-corrected chi connectivity index (χ4v) is 3.03. The van der Waals surface area contributed by atoms with Crippen molar-refractivity contribution in [2.45, 2.75) is 25.2 Å². The predicted octanol–water partition coefficient (Wildman–Crippen LogP) is 2.12. The third-order valence-electron chi connectivity index (χ3n) is 3.08. The molecule has 7 heteroatoms. The third kappa shape index (κ3) is 3.68. The minimum absolute atomic E-state index is 0.0551. The molecule has 0 fully saturated rings. The lowest BCUT2D eigenvalue weighted by atomic mass is 9.88. The molecule has 1 atom stereocenters. The summed E-state index contributed by atoms with van der Waals surface area (Å²) >= 11 is 5.82. The van der Waals surface area contributed by atoms with Crippen LogP contribution in [0.25, 0.3) is 0 Å². The number of benzene rings is 1. The van der Waals surface area contributed by atoms with Crippen molar-refractivity contribution in [1.29, 1.82) is 0 Å². The zero-order chi connectivity index (χ0) is 14.7. The van der Waals surface area contributed by atoms with Gasteiger partial charge < -0.3 is 5.11 Å². The molecule has 1 aromatic rings. The minimum atomic E-state index is -3.81. The van der Waals surface area contributed by atoms with Gasteiger partial charge in [-0.1, -0.05) is 30.7 Å². The van der Waals surface area contributed by atoms with Crippen LogP contribution in [-0.4, -0.2) is 26.0 Å². The Morgan fingerprint density at radius 2 is 2.00 bits per heavy atom. The molecule has 0 bridgehead atoms. The highest BCUT2D eigenvalue weighted by molar-refractivity contribution is 7.89. The second kappa shape index (κ2) is 5.90. The van der Waals surface area contributed by atoms with Crippen molar-refractivity contribution in [3.05, 3.63) is 29.3 Å². The van der Waals surface area contributed by atoms with Gasteiger partial charge >= 0.3 is 5.97 Å². The highest BCUT2D eigenvalue weighted by Gasteiger charge is 2.33. The highest BCUT2D eigenvalue weighted by Crippen LogP contribution is 2.23. The maximum absolute atomic E-state index is 12.0. The van der Waals surface area contributed by atoms with E-state index in [-0.39, 0.29) is 16.5 Å². The molecule has 0 aliphatic heterocycles. The van der Waals surface area contributed by atoms with Gasteiger partial charge in [0.2, 0.25) is 10.0 Å². The molecule has 0 spiro atoms. The highest BCUT2D eigenvalue weighted by atomic mass is 35.5. The maximum atomic E-state index is 12.0. The number of halogens is 1. The summed E-state index contributed by atoms with van der Waals surface area (Å²) in [7, 11) is -3.81. The van der Waals surface area contributed by atoms with Gasteiger partial charge in [-0.25, -0.2) is 13.1 Å². The van der Waals surface area contributed by atoms with E-state index in [4.69, 9.17) is 16.7 Å². The molecule has 0 amide bonds. The van der Waals surface area contributed by atoms with Crippen LogP contribution in [0.1, 0.15) is 20.3 Å². The molecule has 0 aromatic heterocycles. The predicted molar refractivity (Wildman–Crippen MR) is 72.7 cm³/mol. The van der Waals surface area contributed by atoms with Gasteiger partial charge in [-0.15, -0.1) is 0 Å². The molecule has 5 nitrogen and oxygen atoms in total. The Hall–Kier alpha value is -1.11. The van der Waals surface area contributed by atoms with Crippen LogP contribution < -0.4 is 4.72 Å². The van der Waals surface area contributed by atoms with E-state index in [1.165, 1.54) is 19.1 Å². The summed E-state index contributed by atoms with van der Waals surface area (Å²) in [6.07, 6.45) is 0.313. The van der Waals surface area contributed by atoms with Crippen LogP contribution in [0, 0.1) is 5.41 Å². The van der Waals surface area contributed by atoms with Crippen molar-refractivity contribution in [3.8, 4) is 0 Å². The monoisotopic (exact) mass is 305 g/mol. The van der Waals surface area contributed by atoms with E-state index in [1.54, 1.807) is 19.1 Å². The van der Waals surface area contributed by atoms with Crippen LogP contribution in [0.3, 0.4) is 0 Å². The average molecular weight is 306 g/mol. The number of sulfonamides is 1. The Kier molecular flexibility index (Phi) is 4.95. The molecule has 0 radical (unpaired) electrons. The number of carboxylic acid groups (broad SMARTS) is 1. The van der Waals surface area contributed by atoms with Crippen molar-refractivity contribution in [2.24, 2.45) is 5.41 Å². The molecule has 0 heterocycles. The molecule has 19 heavy (non-hydrogen) atoms. The van der Waals surface area contributed by atoms with E-state index in [2.05, 4.69) is 4.72 Å². The lowest BCUT2D eigenvalue weighted by molar-refractivity contribution is -0.147. The molecular weight excluding hydrogens is 290 g/mol. The lowest BCUT2D eigenvalue weighted by Crippen LogP contribution is -2.40. The standard InChI is InChI=1S/C12H16ClNO4S/c1-3-12(2,11(15)16)8-14-19(17,18)10-7-5-4-6-9(10)13/h4-7,14H,3,8H2,1-2H3,(H,15,16). The summed E-state index contributed by atoms with van der Waals surface area (Å²) in [5.41, 5.74) is -1.14. The van der Waals surface area contributed by atoms with Gasteiger partial charge in [-0.05, 0) is 25.5 Å². The van der Waals surface area contributed by atoms with Gasteiger partial charge in [0.25, 0.3) is 0 Å². The lowest BCUT2D eigenvalue weighted by Gasteiger charge is -2.23. The normalized spacial score (nSPS) is 14.9. The summed E-state index contributed by atoms with van der Waals surface area (Å²) in [5, 5.41) is 9.19. The Balaban J connectivity index is 2.94. The van der Waals surface area contributed by atoms with E-state index in [0.29, 0.717) is 6.42 Å². The SMILES string of the molecule is CCC(C)(CNS(=O)(=O)c1ccccc1Cl)C(=O)O. The minimum Gasteiger partial charge on any atom is -0.481 e. The first kappa shape index (κ1) is 15.9. The Morgan fingerprint density at radius 1 is 1.42 bits per heavy atom. The van der Waals surface area contributed by atoms with Gasteiger partial charge in [-0.2, -0.15) is 0 Å². The zero-order valence-corrected chi connectivity index (χ0v) is 12.3. The molecule has 0 aliphatic carbocycles. The Morgan fingerprint density at radius 3 is 2.47 bits per heavy atom. The van der Waals surface area contributed by atoms with Gasteiger partial charge in [-0.3, -0.25) is 4.79 Å². The summed E-state index contributed by atoms with van der Waals surface area (Å²) in [6.45, 7) is 2.99. The van der Waals surface area contributed by atoms with Crippen LogP contribution in [0.4, 0.5) is 0 Å². The molecule has 1 unspecified atom stereocenters. The number of carbonyl (C=O) groups is 1. The zero-order valence-electron chi connectivity index (χ0n) is 10.7. The van der Waals surface area contributed by atoms with E-state index in [9.17, 15) is 13.2 Å². The average Bonchev–Trinajstić information content (AvgIpc) is 2.36. The van der Waals surface area contributed by atoms with E-state index in [1.807, 2.05) is 0 Å². The number of carboxylic acids is 1. The first-order valence-electron chi connectivity index (χ1n) is 5.70.